The zero-order chi connectivity index (χ0) is 10.8. The SMILES string of the molecule is CC(C)(C)SCC(=O)N1CCC(N)C1. The number of nitrogens with zero attached hydrogens (tertiary/aromatic N) is 1. The quantitative estimate of drug-likeness (QED) is 0.751. The van der Waals surface area contributed by atoms with E-state index in [-0.39, 0.29) is 16.7 Å². The second kappa shape index (κ2) is 4.53. The summed E-state index contributed by atoms with van der Waals surface area (Å²) in [5.41, 5.74) is 5.74. The van der Waals surface area contributed by atoms with Gasteiger partial charge in [0.1, 0.15) is 0 Å². The van der Waals surface area contributed by atoms with Crippen LogP contribution in [-0.4, -0.2) is 40.4 Å². The van der Waals surface area contributed by atoms with Crippen molar-refractivity contribution in [2.45, 2.75) is 38.0 Å². The third-order valence-corrected chi connectivity index (χ3v) is 3.46. The summed E-state index contributed by atoms with van der Waals surface area (Å²) in [4.78, 5) is 13.6. The van der Waals surface area contributed by atoms with Crippen LogP contribution in [0.2, 0.25) is 0 Å². The zero-order valence-electron chi connectivity index (χ0n) is 9.25. The Kier molecular flexibility index (Phi) is 3.84. The molecule has 1 amide bonds. The van der Waals surface area contributed by atoms with Crippen molar-refractivity contribution in [3.63, 3.8) is 0 Å². The summed E-state index contributed by atoms with van der Waals surface area (Å²) in [6.07, 6.45) is 0.950. The van der Waals surface area contributed by atoms with Crippen LogP contribution in [0.3, 0.4) is 0 Å². The highest BCUT2D eigenvalue weighted by molar-refractivity contribution is 8.01. The van der Waals surface area contributed by atoms with Crippen LogP contribution in [0.1, 0.15) is 27.2 Å². The summed E-state index contributed by atoms with van der Waals surface area (Å²) in [6, 6.07) is 0.193. The fourth-order valence-corrected chi connectivity index (χ4v) is 2.12. The van der Waals surface area contributed by atoms with Crippen LogP contribution in [0.25, 0.3) is 0 Å². The van der Waals surface area contributed by atoms with E-state index in [4.69, 9.17) is 5.73 Å². The topological polar surface area (TPSA) is 46.3 Å². The van der Waals surface area contributed by atoms with Gasteiger partial charge in [0.15, 0.2) is 0 Å². The molecule has 0 aromatic carbocycles. The lowest BCUT2D eigenvalue weighted by atomic mass is 10.3. The standard InChI is InChI=1S/C10H20N2OS/c1-10(2,3)14-7-9(13)12-5-4-8(11)6-12/h8H,4-7,11H2,1-3H3. The maximum atomic E-state index is 11.7. The molecule has 14 heavy (non-hydrogen) atoms. The summed E-state index contributed by atoms with van der Waals surface area (Å²) in [7, 11) is 0. The Bertz CT molecular complexity index is 213. The van der Waals surface area contributed by atoms with E-state index in [1.807, 2.05) is 4.90 Å². The van der Waals surface area contributed by atoms with Crippen molar-refractivity contribution < 1.29 is 4.79 Å². The Morgan fingerprint density at radius 3 is 2.64 bits per heavy atom. The summed E-state index contributed by atoms with van der Waals surface area (Å²) in [5, 5.41) is 0. The first-order valence-corrected chi connectivity index (χ1v) is 6.04. The molecular weight excluding hydrogens is 196 g/mol. The molecule has 0 spiro atoms. The molecule has 0 radical (unpaired) electrons. The number of carbonyl (C=O) groups is 1. The van der Waals surface area contributed by atoms with Crippen molar-refractivity contribution in [2.24, 2.45) is 5.73 Å². The van der Waals surface area contributed by atoms with Gasteiger partial charge in [0.05, 0.1) is 5.75 Å². The van der Waals surface area contributed by atoms with Crippen LogP contribution in [0.15, 0.2) is 0 Å². The minimum Gasteiger partial charge on any atom is -0.340 e. The molecule has 0 aromatic rings. The van der Waals surface area contributed by atoms with Gasteiger partial charge >= 0.3 is 0 Å². The van der Waals surface area contributed by atoms with Gasteiger partial charge in [-0.15, -0.1) is 11.8 Å². The molecule has 82 valence electrons. The van der Waals surface area contributed by atoms with Crippen LogP contribution in [-0.2, 0) is 4.79 Å². The number of thioether (sulfide) groups is 1. The minimum absolute atomic E-state index is 0.164. The molecule has 2 N–H and O–H groups in total. The molecule has 1 aliphatic rings. The Balaban J connectivity index is 2.29. The summed E-state index contributed by atoms with van der Waals surface area (Å²) in [5.74, 6) is 0.814. The van der Waals surface area contributed by atoms with Gasteiger partial charge in [-0.1, -0.05) is 20.8 Å². The van der Waals surface area contributed by atoms with Gasteiger partial charge in [0.2, 0.25) is 5.91 Å². The summed E-state index contributed by atoms with van der Waals surface area (Å²) in [6.45, 7) is 7.95. The molecule has 1 heterocycles. The van der Waals surface area contributed by atoms with Crippen molar-refractivity contribution in [3.8, 4) is 0 Å². The minimum atomic E-state index is 0.164. The van der Waals surface area contributed by atoms with Crippen LogP contribution in [0, 0.1) is 0 Å². The highest BCUT2D eigenvalue weighted by atomic mass is 32.2. The van der Waals surface area contributed by atoms with Crippen LogP contribution >= 0.6 is 11.8 Å². The van der Waals surface area contributed by atoms with Crippen LogP contribution in [0.5, 0.6) is 0 Å². The summed E-state index contributed by atoms with van der Waals surface area (Å²) < 4.78 is 0.164. The fraction of sp³-hybridized carbons (Fsp3) is 0.900. The highest BCUT2D eigenvalue weighted by Gasteiger charge is 2.24. The maximum Gasteiger partial charge on any atom is 0.232 e. The van der Waals surface area contributed by atoms with E-state index in [1.54, 1.807) is 11.8 Å². The number of likely N-dealkylation sites (tertiary alicyclic amines) is 1. The van der Waals surface area contributed by atoms with Gasteiger partial charge in [-0.2, -0.15) is 0 Å². The smallest absolute Gasteiger partial charge is 0.232 e. The largest absolute Gasteiger partial charge is 0.340 e. The molecule has 1 rings (SSSR count). The molecule has 0 aliphatic carbocycles. The van der Waals surface area contributed by atoms with E-state index in [9.17, 15) is 4.79 Å². The number of amides is 1. The van der Waals surface area contributed by atoms with Gasteiger partial charge in [-0.25, -0.2) is 0 Å². The van der Waals surface area contributed by atoms with Crippen molar-refractivity contribution in [1.82, 2.24) is 4.90 Å². The van der Waals surface area contributed by atoms with Gasteiger partial charge in [-0.3, -0.25) is 4.79 Å². The monoisotopic (exact) mass is 216 g/mol. The Hall–Kier alpha value is -0.220. The molecule has 1 aliphatic heterocycles. The molecule has 1 unspecified atom stereocenters. The maximum absolute atomic E-state index is 11.7. The normalized spacial score (nSPS) is 22.9. The van der Waals surface area contributed by atoms with Crippen molar-refractivity contribution in [3.05, 3.63) is 0 Å². The van der Waals surface area contributed by atoms with E-state index in [0.29, 0.717) is 5.75 Å². The van der Waals surface area contributed by atoms with Gasteiger partial charge in [-0.05, 0) is 6.42 Å². The van der Waals surface area contributed by atoms with Crippen molar-refractivity contribution in [2.75, 3.05) is 18.8 Å². The first kappa shape index (κ1) is 11.9. The van der Waals surface area contributed by atoms with Crippen LogP contribution < -0.4 is 5.73 Å². The van der Waals surface area contributed by atoms with Crippen molar-refractivity contribution >= 4 is 17.7 Å². The number of nitrogens with two attached hydrogens (primary N) is 1. The molecule has 3 nitrogen and oxygen atoms in total. The summed E-state index contributed by atoms with van der Waals surface area (Å²) >= 11 is 1.70. The van der Waals surface area contributed by atoms with E-state index in [2.05, 4.69) is 20.8 Å². The highest BCUT2D eigenvalue weighted by Crippen LogP contribution is 2.23. The van der Waals surface area contributed by atoms with E-state index in [0.717, 1.165) is 19.5 Å². The molecule has 1 saturated heterocycles. The molecular formula is C10H20N2OS. The lowest BCUT2D eigenvalue weighted by Gasteiger charge is -2.20. The Labute approximate surface area is 90.4 Å². The van der Waals surface area contributed by atoms with E-state index >= 15 is 0 Å². The zero-order valence-corrected chi connectivity index (χ0v) is 10.1. The molecule has 1 atom stereocenters. The van der Waals surface area contributed by atoms with Gasteiger partial charge in [0.25, 0.3) is 0 Å². The average Bonchev–Trinajstić information content (AvgIpc) is 2.46. The number of hydrogen-bond acceptors (Lipinski definition) is 3. The third-order valence-electron chi connectivity index (χ3n) is 2.21. The Morgan fingerprint density at radius 1 is 1.57 bits per heavy atom. The molecule has 4 heteroatoms. The molecule has 1 fully saturated rings. The predicted octanol–water partition coefficient (Wildman–Crippen LogP) is 1.08. The Morgan fingerprint density at radius 2 is 2.21 bits per heavy atom. The third kappa shape index (κ3) is 3.88. The van der Waals surface area contributed by atoms with Gasteiger partial charge < -0.3 is 10.6 Å². The first-order valence-electron chi connectivity index (χ1n) is 5.06. The van der Waals surface area contributed by atoms with Crippen LogP contribution in [0.4, 0.5) is 0 Å². The molecule has 0 saturated carbocycles. The molecule has 0 aromatic heterocycles. The molecule has 0 bridgehead atoms. The predicted molar refractivity (Wildman–Crippen MR) is 61.4 cm³/mol. The van der Waals surface area contributed by atoms with E-state index < -0.39 is 0 Å². The van der Waals surface area contributed by atoms with E-state index in [1.165, 1.54) is 0 Å². The lowest BCUT2D eigenvalue weighted by Crippen LogP contribution is -2.33. The number of carbonyl (C=O) groups excluding carboxylic acids is 1. The number of hydrogen-bond donors (Lipinski definition) is 1. The second-order valence-corrected chi connectivity index (χ2v) is 6.59. The average molecular weight is 216 g/mol. The lowest BCUT2D eigenvalue weighted by molar-refractivity contribution is -0.127. The second-order valence-electron chi connectivity index (χ2n) is 4.79. The fourth-order valence-electron chi connectivity index (χ4n) is 1.38. The number of rotatable bonds is 2. The van der Waals surface area contributed by atoms with Crippen molar-refractivity contribution in [1.29, 1.82) is 0 Å². The van der Waals surface area contributed by atoms with Gasteiger partial charge in [0, 0.05) is 23.9 Å². The first-order chi connectivity index (χ1) is 6.38.